The number of carbonyl (C=O) groups excluding carboxylic acids is 2. The lowest BCUT2D eigenvalue weighted by Gasteiger charge is -2.27. The van der Waals surface area contributed by atoms with Crippen LogP contribution in [0.25, 0.3) is 0 Å². The molecule has 1 rings (SSSR count). The zero-order chi connectivity index (χ0) is 11.1. The summed E-state index contributed by atoms with van der Waals surface area (Å²) >= 11 is 0. The fourth-order valence-electron chi connectivity index (χ4n) is 1.54. The van der Waals surface area contributed by atoms with Gasteiger partial charge in [0, 0.05) is 26.1 Å². The van der Waals surface area contributed by atoms with E-state index in [1.807, 2.05) is 0 Å². The Balaban J connectivity index is 2.13. The van der Waals surface area contributed by atoms with E-state index in [2.05, 4.69) is 5.32 Å². The van der Waals surface area contributed by atoms with Gasteiger partial charge in [0.25, 0.3) is 0 Å². The zero-order valence-electron chi connectivity index (χ0n) is 9.12. The average molecular weight is 214 g/mol. The van der Waals surface area contributed by atoms with Crippen molar-refractivity contribution in [2.75, 3.05) is 26.2 Å². The maximum Gasteiger partial charge on any atom is 0.317 e. The molecule has 1 saturated heterocycles. The molecular weight excluding hydrogens is 196 g/mol. The second kappa shape index (κ2) is 6.27. The summed E-state index contributed by atoms with van der Waals surface area (Å²) in [5.41, 5.74) is 0. The van der Waals surface area contributed by atoms with Crippen LogP contribution in [0.2, 0.25) is 0 Å². The Morgan fingerprint density at radius 1 is 1.60 bits per heavy atom. The second-order valence-electron chi connectivity index (χ2n) is 3.48. The maximum absolute atomic E-state index is 11.3. The highest BCUT2D eigenvalue weighted by molar-refractivity contribution is 5.75. The highest BCUT2D eigenvalue weighted by atomic mass is 16.5. The van der Waals surface area contributed by atoms with Crippen LogP contribution in [0.15, 0.2) is 0 Å². The van der Waals surface area contributed by atoms with Gasteiger partial charge in [0.05, 0.1) is 6.61 Å². The summed E-state index contributed by atoms with van der Waals surface area (Å²) in [5.74, 6) is -0.185. The third-order valence-electron chi connectivity index (χ3n) is 2.28. The van der Waals surface area contributed by atoms with E-state index in [1.165, 1.54) is 0 Å². The summed E-state index contributed by atoms with van der Waals surface area (Å²) in [5, 5.41) is 2.77. The fourth-order valence-corrected chi connectivity index (χ4v) is 1.54. The Morgan fingerprint density at radius 2 is 2.40 bits per heavy atom. The number of esters is 1. The lowest BCUT2D eigenvalue weighted by atomic mass is 10.2. The first-order valence-electron chi connectivity index (χ1n) is 5.42. The lowest BCUT2D eigenvalue weighted by molar-refractivity contribution is -0.143. The molecule has 1 N–H and O–H groups in total. The molecule has 5 heteroatoms. The number of nitrogens with zero attached hydrogens (tertiary/aromatic N) is 1. The van der Waals surface area contributed by atoms with Crippen LogP contribution in [0, 0.1) is 0 Å². The molecule has 0 aliphatic carbocycles. The Kier molecular flexibility index (Phi) is 4.93. The van der Waals surface area contributed by atoms with Crippen molar-refractivity contribution in [1.29, 1.82) is 0 Å². The summed E-state index contributed by atoms with van der Waals surface area (Å²) in [4.78, 5) is 24.1. The molecule has 1 fully saturated rings. The van der Waals surface area contributed by atoms with Gasteiger partial charge in [-0.3, -0.25) is 4.79 Å². The van der Waals surface area contributed by atoms with Gasteiger partial charge >= 0.3 is 12.0 Å². The molecular formula is C10H18N2O3. The van der Waals surface area contributed by atoms with Crippen LogP contribution >= 0.6 is 0 Å². The molecule has 1 aliphatic heterocycles. The predicted molar refractivity (Wildman–Crippen MR) is 55.5 cm³/mol. The largest absolute Gasteiger partial charge is 0.466 e. The topological polar surface area (TPSA) is 58.6 Å². The third-order valence-corrected chi connectivity index (χ3v) is 2.28. The van der Waals surface area contributed by atoms with Gasteiger partial charge in [0.15, 0.2) is 0 Å². The monoisotopic (exact) mass is 214 g/mol. The molecule has 86 valence electrons. The van der Waals surface area contributed by atoms with Crippen molar-refractivity contribution in [2.24, 2.45) is 0 Å². The van der Waals surface area contributed by atoms with Crippen molar-refractivity contribution in [3.05, 3.63) is 0 Å². The first kappa shape index (κ1) is 11.8. The minimum atomic E-state index is -0.185. The fraction of sp³-hybridized carbons (Fsp3) is 0.800. The van der Waals surface area contributed by atoms with Crippen LogP contribution < -0.4 is 5.32 Å². The van der Waals surface area contributed by atoms with Crippen LogP contribution in [0.5, 0.6) is 0 Å². The van der Waals surface area contributed by atoms with Crippen LogP contribution in [-0.2, 0) is 9.53 Å². The number of hydrogen-bond donors (Lipinski definition) is 1. The van der Waals surface area contributed by atoms with Crippen molar-refractivity contribution >= 4 is 12.0 Å². The van der Waals surface area contributed by atoms with Crippen molar-refractivity contribution in [1.82, 2.24) is 10.2 Å². The maximum atomic E-state index is 11.3. The number of ether oxygens (including phenoxy) is 1. The number of nitrogens with one attached hydrogen (secondary N) is 1. The van der Waals surface area contributed by atoms with Gasteiger partial charge in [-0.2, -0.15) is 0 Å². The summed E-state index contributed by atoms with van der Waals surface area (Å²) < 4.78 is 4.80. The number of hydrogen-bond acceptors (Lipinski definition) is 3. The molecule has 0 aromatic rings. The highest BCUT2D eigenvalue weighted by Crippen LogP contribution is 2.02. The van der Waals surface area contributed by atoms with E-state index in [9.17, 15) is 9.59 Å². The van der Waals surface area contributed by atoms with E-state index >= 15 is 0 Å². The van der Waals surface area contributed by atoms with Crippen molar-refractivity contribution in [3.63, 3.8) is 0 Å². The number of carbonyl (C=O) groups is 2. The Hall–Kier alpha value is -1.26. The van der Waals surface area contributed by atoms with Gasteiger partial charge in [-0.15, -0.1) is 0 Å². The highest BCUT2D eigenvalue weighted by Gasteiger charge is 2.16. The van der Waals surface area contributed by atoms with E-state index in [-0.39, 0.29) is 12.0 Å². The Morgan fingerprint density at radius 3 is 3.07 bits per heavy atom. The first-order valence-corrected chi connectivity index (χ1v) is 5.42. The van der Waals surface area contributed by atoms with Crippen molar-refractivity contribution in [3.8, 4) is 0 Å². The lowest BCUT2D eigenvalue weighted by Crippen LogP contribution is -2.46. The van der Waals surface area contributed by atoms with Crippen molar-refractivity contribution < 1.29 is 14.3 Å². The summed E-state index contributed by atoms with van der Waals surface area (Å²) in [6.45, 7) is 4.38. The average Bonchev–Trinajstić information content (AvgIpc) is 2.21. The molecule has 0 radical (unpaired) electrons. The van der Waals surface area contributed by atoms with Gasteiger partial charge in [-0.25, -0.2) is 4.79 Å². The first-order chi connectivity index (χ1) is 7.24. The molecule has 0 aromatic carbocycles. The zero-order valence-corrected chi connectivity index (χ0v) is 9.12. The number of amides is 2. The standard InChI is InChI=1S/C10H18N2O3/c1-2-15-9(13)5-3-7-12-8-4-6-11-10(12)14/h2-8H2,1H3,(H,11,14). The SMILES string of the molecule is CCOC(=O)CCCN1CCCNC1=O. The number of urea groups is 1. The van der Waals surface area contributed by atoms with E-state index in [0.717, 1.165) is 19.5 Å². The van der Waals surface area contributed by atoms with Crippen LogP contribution in [0.1, 0.15) is 26.2 Å². The minimum absolute atomic E-state index is 0.0230. The molecule has 1 heterocycles. The molecule has 5 nitrogen and oxygen atoms in total. The van der Waals surface area contributed by atoms with Crippen LogP contribution in [0.3, 0.4) is 0 Å². The van der Waals surface area contributed by atoms with E-state index in [1.54, 1.807) is 11.8 Å². The molecule has 15 heavy (non-hydrogen) atoms. The minimum Gasteiger partial charge on any atom is -0.466 e. The molecule has 2 amide bonds. The predicted octanol–water partition coefficient (Wildman–Crippen LogP) is 0.745. The smallest absolute Gasteiger partial charge is 0.317 e. The summed E-state index contributed by atoms with van der Waals surface area (Å²) in [6.07, 6.45) is 2.04. The molecule has 1 aliphatic rings. The van der Waals surface area contributed by atoms with Crippen LogP contribution in [0.4, 0.5) is 4.79 Å². The molecule has 0 aromatic heterocycles. The Bertz CT molecular complexity index is 231. The van der Waals surface area contributed by atoms with Crippen molar-refractivity contribution in [2.45, 2.75) is 26.2 Å². The van der Waals surface area contributed by atoms with E-state index < -0.39 is 0 Å². The third kappa shape index (κ3) is 4.18. The van der Waals surface area contributed by atoms with Gasteiger partial charge in [0.2, 0.25) is 0 Å². The molecule has 0 atom stereocenters. The Labute approximate surface area is 89.8 Å². The number of rotatable bonds is 5. The second-order valence-corrected chi connectivity index (χ2v) is 3.48. The molecule has 0 bridgehead atoms. The van der Waals surface area contributed by atoms with Gasteiger partial charge in [-0.05, 0) is 19.8 Å². The van der Waals surface area contributed by atoms with E-state index in [0.29, 0.717) is 26.0 Å². The van der Waals surface area contributed by atoms with Gasteiger partial charge in [-0.1, -0.05) is 0 Å². The normalized spacial score (nSPS) is 16.1. The molecule has 0 saturated carbocycles. The molecule has 0 spiro atoms. The summed E-state index contributed by atoms with van der Waals surface area (Å²) in [6, 6.07) is -0.0230. The van der Waals surface area contributed by atoms with Gasteiger partial charge < -0.3 is 15.0 Å². The quantitative estimate of drug-likeness (QED) is 0.687. The van der Waals surface area contributed by atoms with E-state index in [4.69, 9.17) is 4.74 Å². The van der Waals surface area contributed by atoms with Crippen LogP contribution in [-0.4, -0.2) is 43.1 Å². The molecule has 0 unspecified atom stereocenters. The summed E-state index contributed by atoms with van der Waals surface area (Å²) in [7, 11) is 0. The van der Waals surface area contributed by atoms with Gasteiger partial charge in [0.1, 0.15) is 0 Å².